The van der Waals surface area contributed by atoms with E-state index in [0.717, 1.165) is 0 Å². The Morgan fingerprint density at radius 3 is 1.21 bits per heavy atom. The van der Waals surface area contributed by atoms with Gasteiger partial charge in [-0.3, -0.25) is 9.59 Å². The zero-order valence-electron chi connectivity index (χ0n) is 15.8. The number of ketones is 1. The van der Waals surface area contributed by atoms with Gasteiger partial charge >= 0.3 is 53.6 Å². The van der Waals surface area contributed by atoms with E-state index in [4.69, 9.17) is 0 Å². The van der Waals surface area contributed by atoms with Gasteiger partial charge in [0.1, 0.15) is 12.2 Å². The van der Waals surface area contributed by atoms with E-state index in [1.807, 2.05) is 0 Å². The molecule has 0 rings (SSSR count). The zero-order valence-corrected chi connectivity index (χ0v) is 15.8. The van der Waals surface area contributed by atoms with Crippen LogP contribution in [0.15, 0.2) is 0 Å². The monoisotopic (exact) mass is 548 g/mol. The Morgan fingerprint density at radius 2 is 0.882 bits per heavy atom. The first-order valence-electron chi connectivity index (χ1n) is 7.90. The Labute approximate surface area is 176 Å². The molecule has 202 valence electrons. The minimum atomic E-state index is -8.71. The zero-order chi connectivity index (χ0) is 28.0. The molecule has 0 atom stereocenters. The lowest BCUT2D eigenvalue weighted by Gasteiger charge is -2.42. The van der Waals surface area contributed by atoms with Crippen molar-refractivity contribution >= 4 is 11.8 Å². The average molecular weight is 548 g/mol. The molecule has 34 heavy (non-hydrogen) atoms. The second-order valence-electron chi connectivity index (χ2n) is 6.44. The molecule has 0 N–H and O–H groups in total. The number of halogens is 17. The molecule has 0 heterocycles. The smallest absolute Gasteiger partial charge is 0.460 e. The number of alkyl halides is 17. The summed E-state index contributed by atoms with van der Waals surface area (Å²) in [5, 5.41) is 0. The Morgan fingerprint density at radius 1 is 0.559 bits per heavy atom. The molecule has 20 heteroatoms. The Hall–Kier alpha value is -2.05. The van der Waals surface area contributed by atoms with Crippen LogP contribution in [0.3, 0.4) is 0 Å². The van der Waals surface area contributed by atoms with Gasteiger partial charge in [0.15, 0.2) is 0 Å². The largest absolute Gasteiger partial charge is 0.469 e. The third-order valence-electron chi connectivity index (χ3n) is 4.07. The molecule has 0 aromatic carbocycles. The maximum atomic E-state index is 13.5. The molecule has 0 fully saturated rings. The number of carbonyl (C=O) groups excluding carboxylic acids is 2. The minimum Gasteiger partial charge on any atom is -0.469 e. The second kappa shape index (κ2) is 8.87. The predicted molar refractivity (Wildman–Crippen MR) is 71.6 cm³/mol. The van der Waals surface area contributed by atoms with Gasteiger partial charge in [-0.15, -0.1) is 0 Å². The average Bonchev–Trinajstić information content (AvgIpc) is 2.64. The fourth-order valence-corrected chi connectivity index (χ4v) is 1.97. The number of Topliss-reactive ketones (excluding diaryl/α,β-unsaturated/α-hetero) is 1. The summed E-state index contributed by atoms with van der Waals surface area (Å²) < 4.78 is 225. The first kappa shape index (κ1) is 31.9. The molecular weight excluding hydrogens is 539 g/mol. The summed E-state index contributed by atoms with van der Waals surface area (Å²) >= 11 is 0. The molecule has 0 aliphatic rings. The van der Waals surface area contributed by atoms with Crippen LogP contribution in [0.5, 0.6) is 0 Å². The van der Waals surface area contributed by atoms with Crippen molar-refractivity contribution in [1.82, 2.24) is 0 Å². The summed E-state index contributed by atoms with van der Waals surface area (Å²) in [5.41, 5.74) is 0. The Kier molecular flexibility index (Phi) is 8.33. The maximum absolute atomic E-state index is 13.5. The molecule has 0 spiro atoms. The molecule has 0 unspecified atom stereocenters. The van der Waals surface area contributed by atoms with Gasteiger partial charge in [0.25, 0.3) is 0 Å². The van der Waals surface area contributed by atoms with Crippen LogP contribution in [0.4, 0.5) is 74.6 Å². The van der Waals surface area contributed by atoms with Crippen LogP contribution in [-0.2, 0) is 14.3 Å². The molecule has 0 saturated heterocycles. The van der Waals surface area contributed by atoms with E-state index in [1.54, 1.807) is 0 Å². The van der Waals surface area contributed by atoms with Crippen molar-refractivity contribution in [2.75, 3.05) is 7.11 Å². The molecule has 0 amide bonds. The molecule has 0 radical (unpaired) electrons. The summed E-state index contributed by atoms with van der Waals surface area (Å²) in [6.07, 6.45) is -14.2. The summed E-state index contributed by atoms with van der Waals surface area (Å²) in [6, 6.07) is 0. The molecule has 0 aliphatic carbocycles. The lowest BCUT2D eigenvalue weighted by Crippen LogP contribution is -2.74. The topological polar surface area (TPSA) is 43.4 Å². The molecule has 0 bridgehead atoms. The number of rotatable bonds is 11. The number of hydrogen-bond donors (Lipinski definition) is 0. The van der Waals surface area contributed by atoms with Crippen LogP contribution >= 0.6 is 0 Å². The van der Waals surface area contributed by atoms with Gasteiger partial charge in [0, 0.05) is 12.8 Å². The fourth-order valence-electron chi connectivity index (χ4n) is 1.97. The highest BCUT2D eigenvalue weighted by Gasteiger charge is 2.95. The second-order valence-corrected chi connectivity index (χ2v) is 6.44. The lowest BCUT2D eigenvalue weighted by atomic mass is 9.87. The van der Waals surface area contributed by atoms with Gasteiger partial charge in [-0.05, 0) is 0 Å². The van der Waals surface area contributed by atoms with Gasteiger partial charge in [0.05, 0.1) is 7.11 Å². The summed E-state index contributed by atoms with van der Waals surface area (Å²) in [7, 11) is 0.624. The standard InChI is InChI=1S/C14H9F17O3/c1-34-6(33)4-5(32)2-3-7(15,16)8(17,18)9(19,20)10(21,22)11(23,24)12(25,26)13(27,28)14(29,30)31/h2-4H2,1H3. The van der Waals surface area contributed by atoms with Gasteiger partial charge < -0.3 is 4.74 Å². The van der Waals surface area contributed by atoms with Crippen LogP contribution in [0.1, 0.15) is 19.3 Å². The fraction of sp³-hybridized carbons (Fsp3) is 0.857. The molecular formula is C14H9F17O3. The van der Waals surface area contributed by atoms with Gasteiger partial charge in [-0.2, -0.15) is 74.6 Å². The van der Waals surface area contributed by atoms with E-state index in [-0.39, 0.29) is 0 Å². The van der Waals surface area contributed by atoms with Crippen LogP contribution in [0, 0.1) is 0 Å². The van der Waals surface area contributed by atoms with Crippen LogP contribution in [0.2, 0.25) is 0 Å². The van der Waals surface area contributed by atoms with Gasteiger partial charge in [-0.25, -0.2) is 0 Å². The summed E-state index contributed by atoms with van der Waals surface area (Å²) in [4.78, 5) is 21.8. The number of methoxy groups -OCH3 is 1. The molecule has 0 aromatic rings. The molecule has 0 saturated carbocycles. The van der Waals surface area contributed by atoms with Gasteiger partial charge in [0.2, 0.25) is 0 Å². The Bertz CT molecular complexity index is 768. The third kappa shape index (κ3) is 4.72. The van der Waals surface area contributed by atoms with Crippen molar-refractivity contribution in [3.63, 3.8) is 0 Å². The Balaban J connectivity index is 6.34. The van der Waals surface area contributed by atoms with E-state index in [0.29, 0.717) is 7.11 Å². The lowest BCUT2D eigenvalue weighted by molar-refractivity contribution is -0.461. The quantitative estimate of drug-likeness (QED) is 0.183. The minimum absolute atomic E-state index is 0.624. The van der Waals surface area contributed by atoms with Crippen molar-refractivity contribution in [3.8, 4) is 0 Å². The van der Waals surface area contributed by atoms with E-state index in [9.17, 15) is 84.2 Å². The first-order chi connectivity index (χ1) is 14.6. The van der Waals surface area contributed by atoms with E-state index in [2.05, 4.69) is 4.74 Å². The summed E-state index contributed by atoms with van der Waals surface area (Å²) in [6.45, 7) is 0. The first-order valence-corrected chi connectivity index (χ1v) is 7.90. The molecule has 0 aliphatic heterocycles. The van der Waals surface area contributed by atoms with Crippen LogP contribution in [-0.4, -0.2) is 66.5 Å². The SMILES string of the molecule is COC(=O)CC(=O)CCC(F)(F)C(F)(F)C(F)(F)C(F)(F)C(F)(F)C(F)(F)C(F)(F)C(F)(F)F. The van der Waals surface area contributed by atoms with E-state index < -0.39 is 78.6 Å². The van der Waals surface area contributed by atoms with Crippen LogP contribution < -0.4 is 0 Å². The van der Waals surface area contributed by atoms with Crippen molar-refractivity contribution in [2.24, 2.45) is 0 Å². The number of esters is 1. The van der Waals surface area contributed by atoms with Crippen molar-refractivity contribution in [3.05, 3.63) is 0 Å². The van der Waals surface area contributed by atoms with E-state index in [1.165, 1.54) is 0 Å². The van der Waals surface area contributed by atoms with E-state index >= 15 is 0 Å². The van der Waals surface area contributed by atoms with Crippen molar-refractivity contribution < 1.29 is 89.0 Å². The number of ether oxygens (including phenoxy) is 1. The van der Waals surface area contributed by atoms with Crippen LogP contribution in [0.25, 0.3) is 0 Å². The van der Waals surface area contributed by atoms with Crippen molar-refractivity contribution in [1.29, 1.82) is 0 Å². The summed E-state index contributed by atoms with van der Waals surface area (Å²) in [5.74, 6) is -60.4. The normalized spacial score (nSPS) is 15.4. The number of hydrogen-bond acceptors (Lipinski definition) is 3. The van der Waals surface area contributed by atoms with Gasteiger partial charge in [-0.1, -0.05) is 0 Å². The van der Waals surface area contributed by atoms with Crippen molar-refractivity contribution in [2.45, 2.75) is 66.9 Å². The number of carbonyl (C=O) groups is 2. The predicted octanol–water partition coefficient (Wildman–Crippen LogP) is 5.91. The highest BCUT2D eigenvalue weighted by atomic mass is 19.4. The maximum Gasteiger partial charge on any atom is 0.460 e. The molecule has 0 aromatic heterocycles. The highest BCUT2D eigenvalue weighted by molar-refractivity contribution is 5.95. The third-order valence-corrected chi connectivity index (χ3v) is 4.07. The molecule has 3 nitrogen and oxygen atoms in total. The highest BCUT2D eigenvalue weighted by Crippen LogP contribution is 2.64.